The molecule has 0 atom stereocenters. The number of allylic oxidation sites excluding steroid dienone is 1. The second-order valence-electron chi connectivity index (χ2n) is 2.76. The Labute approximate surface area is 74.9 Å². The van der Waals surface area contributed by atoms with Crippen molar-refractivity contribution in [1.29, 1.82) is 0 Å². The van der Waals surface area contributed by atoms with Crippen LogP contribution in [0.2, 0.25) is 0 Å². The lowest BCUT2D eigenvalue weighted by Crippen LogP contribution is -1.85. The molecule has 1 aromatic heterocycles. The van der Waals surface area contributed by atoms with Gasteiger partial charge >= 0.3 is 0 Å². The highest BCUT2D eigenvalue weighted by atomic mass is 16.3. The fraction of sp³-hybridized carbons (Fsp3) is 0.111. The second kappa shape index (κ2) is 2.90. The zero-order valence-electron chi connectivity index (χ0n) is 6.99. The molecule has 4 heteroatoms. The van der Waals surface area contributed by atoms with Gasteiger partial charge in [0.25, 0.3) is 0 Å². The van der Waals surface area contributed by atoms with E-state index in [1.807, 2.05) is 0 Å². The Balaban J connectivity index is 2.72. The zero-order valence-corrected chi connectivity index (χ0v) is 6.99. The number of benzene rings is 1. The number of aromatic amines is 1. The summed E-state index contributed by atoms with van der Waals surface area (Å²) in [5.74, 6) is 0.237. The molecule has 2 N–H and O–H groups in total. The van der Waals surface area contributed by atoms with Crippen LogP contribution in [0.3, 0.4) is 0 Å². The minimum atomic E-state index is 0.237. The number of phenols is 1. The molecule has 4 nitrogen and oxygen atoms in total. The van der Waals surface area contributed by atoms with Gasteiger partial charge in [-0.2, -0.15) is 0 Å². The van der Waals surface area contributed by atoms with Crippen LogP contribution in [0.15, 0.2) is 24.8 Å². The van der Waals surface area contributed by atoms with E-state index in [-0.39, 0.29) is 5.75 Å². The quantitative estimate of drug-likeness (QED) is 0.678. The van der Waals surface area contributed by atoms with E-state index in [2.05, 4.69) is 22.0 Å². The molecular formula is C9H9N3O. The van der Waals surface area contributed by atoms with Crippen LogP contribution >= 0.6 is 0 Å². The number of hydrogen-bond donors (Lipinski definition) is 2. The molecule has 0 unspecified atom stereocenters. The molecule has 2 aromatic rings. The fourth-order valence-corrected chi connectivity index (χ4v) is 1.30. The first-order chi connectivity index (χ1) is 6.33. The second-order valence-corrected chi connectivity index (χ2v) is 2.76. The molecule has 66 valence electrons. The maximum atomic E-state index is 9.53. The van der Waals surface area contributed by atoms with E-state index < -0.39 is 0 Å². The molecule has 0 saturated carbocycles. The number of aromatic nitrogens is 3. The predicted molar refractivity (Wildman–Crippen MR) is 49.5 cm³/mol. The Hall–Kier alpha value is -1.84. The van der Waals surface area contributed by atoms with Gasteiger partial charge in [0.1, 0.15) is 11.3 Å². The Morgan fingerprint density at radius 3 is 3.15 bits per heavy atom. The maximum Gasteiger partial charge on any atom is 0.121 e. The lowest BCUT2D eigenvalue weighted by molar-refractivity contribution is 0.470. The number of nitrogens with one attached hydrogen (secondary N) is 1. The lowest BCUT2D eigenvalue weighted by Gasteiger charge is -2.00. The minimum absolute atomic E-state index is 0.237. The summed E-state index contributed by atoms with van der Waals surface area (Å²) in [6, 6.07) is 3.37. The highest BCUT2D eigenvalue weighted by Gasteiger charge is 2.07. The van der Waals surface area contributed by atoms with E-state index >= 15 is 0 Å². The van der Waals surface area contributed by atoms with E-state index in [1.54, 1.807) is 18.2 Å². The highest BCUT2D eigenvalue weighted by Crippen LogP contribution is 2.24. The van der Waals surface area contributed by atoms with E-state index in [9.17, 15) is 5.11 Å². The lowest BCUT2D eigenvalue weighted by atomic mass is 10.1. The van der Waals surface area contributed by atoms with Gasteiger partial charge in [-0.1, -0.05) is 11.3 Å². The number of rotatable bonds is 2. The molecule has 0 saturated heterocycles. The highest BCUT2D eigenvalue weighted by molar-refractivity contribution is 5.80. The number of phenolic OH excluding ortho intramolecular Hbond substituents is 1. The fourth-order valence-electron chi connectivity index (χ4n) is 1.30. The summed E-state index contributed by atoms with van der Waals surface area (Å²) in [5, 5.41) is 19.8. The number of fused-ring (bicyclic) bond motifs is 1. The standard InChI is InChI=1S/C9H9N3O/c1-2-3-6-8(13)5-4-7-9(6)11-12-10-7/h2,4-5,13H,1,3H2,(H,10,11,12). The third kappa shape index (κ3) is 1.16. The smallest absolute Gasteiger partial charge is 0.121 e. The summed E-state index contributed by atoms with van der Waals surface area (Å²) in [7, 11) is 0. The van der Waals surface area contributed by atoms with Gasteiger partial charge in [-0.3, -0.25) is 5.10 Å². The first-order valence-electron chi connectivity index (χ1n) is 3.95. The van der Waals surface area contributed by atoms with Gasteiger partial charge in [-0.25, -0.2) is 0 Å². The minimum Gasteiger partial charge on any atom is -0.508 e. The maximum absolute atomic E-state index is 9.53. The van der Waals surface area contributed by atoms with Crippen LogP contribution in [0, 0.1) is 0 Å². The largest absolute Gasteiger partial charge is 0.508 e. The molecule has 1 heterocycles. The van der Waals surface area contributed by atoms with Crippen LogP contribution < -0.4 is 0 Å². The Kier molecular flexibility index (Phi) is 1.73. The van der Waals surface area contributed by atoms with Crippen molar-refractivity contribution in [3.8, 4) is 5.75 Å². The van der Waals surface area contributed by atoms with Crippen LogP contribution in [0.1, 0.15) is 5.56 Å². The number of aromatic hydroxyl groups is 1. The number of nitrogens with zero attached hydrogens (tertiary/aromatic N) is 2. The van der Waals surface area contributed by atoms with Crippen molar-refractivity contribution in [1.82, 2.24) is 15.4 Å². The molecule has 0 aliphatic heterocycles. The first-order valence-corrected chi connectivity index (χ1v) is 3.95. The average molecular weight is 175 g/mol. The van der Waals surface area contributed by atoms with Crippen molar-refractivity contribution >= 4 is 11.0 Å². The molecule has 0 aliphatic rings. The molecule has 0 aliphatic carbocycles. The van der Waals surface area contributed by atoms with Crippen molar-refractivity contribution in [2.45, 2.75) is 6.42 Å². The van der Waals surface area contributed by atoms with E-state index in [0.29, 0.717) is 11.9 Å². The molecule has 0 fully saturated rings. The van der Waals surface area contributed by atoms with E-state index in [4.69, 9.17) is 0 Å². The van der Waals surface area contributed by atoms with Crippen LogP contribution in [-0.2, 0) is 6.42 Å². The van der Waals surface area contributed by atoms with Crippen molar-refractivity contribution in [3.05, 3.63) is 30.4 Å². The number of hydrogen-bond acceptors (Lipinski definition) is 3. The molecule has 0 bridgehead atoms. The molecule has 0 amide bonds. The monoisotopic (exact) mass is 175 g/mol. The zero-order chi connectivity index (χ0) is 9.26. The van der Waals surface area contributed by atoms with Crippen molar-refractivity contribution in [3.63, 3.8) is 0 Å². The van der Waals surface area contributed by atoms with E-state index in [0.717, 1.165) is 11.1 Å². The summed E-state index contributed by atoms with van der Waals surface area (Å²) >= 11 is 0. The van der Waals surface area contributed by atoms with Gasteiger partial charge in [-0.15, -0.1) is 11.7 Å². The van der Waals surface area contributed by atoms with E-state index in [1.165, 1.54) is 0 Å². The van der Waals surface area contributed by atoms with Crippen LogP contribution in [0.25, 0.3) is 11.0 Å². The van der Waals surface area contributed by atoms with Crippen LogP contribution in [0.5, 0.6) is 5.75 Å². The summed E-state index contributed by atoms with van der Waals surface area (Å²) in [6.07, 6.45) is 2.32. The predicted octanol–water partition coefficient (Wildman–Crippen LogP) is 1.39. The van der Waals surface area contributed by atoms with Crippen LogP contribution in [-0.4, -0.2) is 20.5 Å². The SMILES string of the molecule is C=CCc1c(O)ccc2[nH]nnc12. The normalized spacial score (nSPS) is 10.5. The third-order valence-electron chi connectivity index (χ3n) is 1.93. The van der Waals surface area contributed by atoms with Gasteiger partial charge < -0.3 is 5.11 Å². The van der Waals surface area contributed by atoms with Gasteiger partial charge in [0, 0.05) is 5.56 Å². The Morgan fingerprint density at radius 2 is 2.38 bits per heavy atom. The summed E-state index contributed by atoms with van der Waals surface area (Å²) < 4.78 is 0. The van der Waals surface area contributed by atoms with Gasteiger partial charge in [0.15, 0.2) is 0 Å². The topological polar surface area (TPSA) is 61.8 Å². The molecule has 2 rings (SSSR count). The average Bonchev–Trinajstić information content (AvgIpc) is 2.58. The molecule has 13 heavy (non-hydrogen) atoms. The van der Waals surface area contributed by atoms with Crippen molar-refractivity contribution in [2.75, 3.05) is 0 Å². The first kappa shape index (κ1) is 7.79. The summed E-state index contributed by atoms with van der Waals surface area (Å²) in [6.45, 7) is 3.62. The third-order valence-corrected chi connectivity index (χ3v) is 1.93. The van der Waals surface area contributed by atoms with Gasteiger partial charge in [-0.05, 0) is 18.6 Å². The van der Waals surface area contributed by atoms with Crippen molar-refractivity contribution in [2.24, 2.45) is 0 Å². The molecule has 1 aromatic carbocycles. The molecule has 0 radical (unpaired) electrons. The Bertz CT molecular complexity index is 447. The molecular weight excluding hydrogens is 166 g/mol. The van der Waals surface area contributed by atoms with Gasteiger partial charge in [0.2, 0.25) is 0 Å². The van der Waals surface area contributed by atoms with Gasteiger partial charge in [0.05, 0.1) is 5.52 Å². The van der Waals surface area contributed by atoms with Crippen molar-refractivity contribution < 1.29 is 5.11 Å². The Morgan fingerprint density at radius 1 is 1.54 bits per heavy atom. The van der Waals surface area contributed by atoms with Crippen LogP contribution in [0.4, 0.5) is 0 Å². The molecule has 0 spiro atoms. The number of H-pyrrole nitrogens is 1. The summed E-state index contributed by atoms with van der Waals surface area (Å²) in [5.41, 5.74) is 2.30. The summed E-state index contributed by atoms with van der Waals surface area (Å²) in [4.78, 5) is 0.